The van der Waals surface area contributed by atoms with Gasteiger partial charge in [0.15, 0.2) is 0 Å². The molecule has 0 saturated heterocycles. The normalized spacial score (nSPS) is 10.5. The van der Waals surface area contributed by atoms with E-state index in [0.29, 0.717) is 12.4 Å². The number of rotatable bonds is 5. The first kappa shape index (κ1) is 13.5. The van der Waals surface area contributed by atoms with Crippen molar-refractivity contribution >= 4 is 28.8 Å². The number of amides is 1. The zero-order chi connectivity index (χ0) is 12.1. The predicted molar refractivity (Wildman–Crippen MR) is 68.5 cm³/mol. The van der Waals surface area contributed by atoms with Crippen molar-refractivity contribution in [2.24, 2.45) is 0 Å². The van der Waals surface area contributed by atoms with E-state index in [9.17, 15) is 4.79 Å². The van der Waals surface area contributed by atoms with Crippen LogP contribution in [0.1, 0.15) is 33.7 Å². The van der Waals surface area contributed by atoms with Crippen molar-refractivity contribution in [2.75, 3.05) is 19.0 Å². The first-order chi connectivity index (χ1) is 7.60. The maximum Gasteiger partial charge on any atom is 0.265 e. The average Bonchev–Trinajstić information content (AvgIpc) is 2.58. The zero-order valence-electron chi connectivity index (χ0n) is 9.92. The number of hydrogen-bond acceptors (Lipinski definition) is 3. The van der Waals surface area contributed by atoms with Crippen LogP contribution in [0.5, 0.6) is 0 Å². The Bertz CT molecular complexity index is 365. The molecule has 0 aromatic carbocycles. The molecule has 0 N–H and O–H groups in total. The minimum absolute atomic E-state index is 0.0794. The van der Waals surface area contributed by atoms with Gasteiger partial charge in [-0.2, -0.15) is 0 Å². The van der Waals surface area contributed by atoms with Gasteiger partial charge in [0.1, 0.15) is 4.88 Å². The minimum atomic E-state index is 0.0794. The third-order valence-corrected chi connectivity index (χ3v) is 3.66. The van der Waals surface area contributed by atoms with Crippen LogP contribution in [0.4, 0.5) is 0 Å². The fourth-order valence-corrected chi connectivity index (χ4v) is 2.53. The summed E-state index contributed by atoms with van der Waals surface area (Å²) < 4.78 is 0. The molecule has 90 valence electrons. The molecule has 1 aromatic heterocycles. The predicted octanol–water partition coefficient (Wildman–Crippen LogP) is 2.85. The number of thiazole rings is 1. The molecule has 1 amide bonds. The van der Waals surface area contributed by atoms with Gasteiger partial charge in [-0.05, 0) is 27.2 Å². The Hall–Kier alpha value is -0.610. The summed E-state index contributed by atoms with van der Waals surface area (Å²) in [6, 6.07) is 0. The summed E-state index contributed by atoms with van der Waals surface area (Å²) in [7, 11) is 0. The SMILES string of the molecule is CCN(CCCCl)C(=O)c1sc(C)nc1C. The minimum Gasteiger partial charge on any atom is -0.338 e. The summed E-state index contributed by atoms with van der Waals surface area (Å²) in [5, 5.41) is 0.939. The average molecular weight is 261 g/mol. The van der Waals surface area contributed by atoms with Crippen LogP contribution >= 0.6 is 22.9 Å². The third-order valence-electron chi connectivity index (χ3n) is 2.33. The van der Waals surface area contributed by atoms with Gasteiger partial charge in [-0.1, -0.05) is 0 Å². The van der Waals surface area contributed by atoms with Crippen LogP contribution in [-0.2, 0) is 0 Å². The molecule has 0 aliphatic rings. The van der Waals surface area contributed by atoms with Gasteiger partial charge in [0.25, 0.3) is 5.91 Å². The van der Waals surface area contributed by atoms with Crippen LogP contribution in [-0.4, -0.2) is 34.8 Å². The molecule has 0 saturated carbocycles. The van der Waals surface area contributed by atoms with Crippen molar-refractivity contribution < 1.29 is 4.79 Å². The number of carbonyl (C=O) groups is 1. The van der Waals surface area contributed by atoms with E-state index in [0.717, 1.165) is 28.5 Å². The van der Waals surface area contributed by atoms with Crippen LogP contribution in [0, 0.1) is 13.8 Å². The van der Waals surface area contributed by atoms with E-state index < -0.39 is 0 Å². The summed E-state index contributed by atoms with van der Waals surface area (Å²) in [5.41, 5.74) is 0.830. The zero-order valence-corrected chi connectivity index (χ0v) is 11.5. The summed E-state index contributed by atoms with van der Waals surface area (Å²) in [6.07, 6.45) is 0.831. The number of aromatic nitrogens is 1. The Morgan fingerprint density at radius 3 is 2.62 bits per heavy atom. The highest BCUT2D eigenvalue weighted by atomic mass is 35.5. The van der Waals surface area contributed by atoms with Crippen LogP contribution < -0.4 is 0 Å². The van der Waals surface area contributed by atoms with Gasteiger partial charge < -0.3 is 4.90 Å². The summed E-state index contributed by atoms with van der Waals surface area (Å²) in [6.45, 7) is 7.21. The molecule has 0 fully saturated rings. The molecule has 3 nitrogen and oxygen atoms in total. The second-order valence-electron chi connectivity index (χ2n) is 3.57. The third kappa shape index (κ3) is 3.19. The van der Waals surface area contributed by atoms with Gasteiger partial charge in [-0.25, -0.2) is 4.98 Å². The van der Waals surface area contributed by atoms with Crippen molar-refractivity contribution in [3.05, 3.63) is 15.6 Å². The lowest BCUT2D eigenvalue weighted by Gasteiger charge is -2.19. The Morgan fingerprint density at radius 2 is 2.19 bits per heavy atom. The Labute approximate surface area is 105 Å². The highest BCUT2D eigenvalue weighted by Crippen LogP contribution is 2.19. The molecule has 5 heteroatoms. The molecule has 0 radical (unpaired) electrons. The van der Waals surface area contributed by atoms with Gasteiger partial charge in [-0.15, -0.1) is 22.9 Å². The second kappa shape index (κ2) is 6.21. The molecule has 0 aliphatic carbocycles. The van der Waals surface area contributed by atoms with Crippen LogP contribution in [0.2, 0.25) is 0 Å². The smallest absolute Gasteiger partial charge is 0.265 e. The molecular weight excluding hydrogens is 244 g/mol. The summed E-state index contributed by atoms with van der Waals surface area (Å²) in [4.78, 5) is 19.0. The maximum atomic E-state index is 12.2. The molecule has 1 aromatic rings. The second-order valence-corrected chi connectivity index (χ2v) is 5.16. The molecule has 16 heavy (non-hydrogen) atoms. The topological polar surface area (TPSA) is 33.2 Å². The van der Waals surface area contributed by atoms with Gasteiger partial charge in [-0.3, -0.25) is 4.79 Å². The molecule has 1 rings (SSSR count). The van der Waals surface area contributed by atoms with Crippen molar-refractivity contribution in [1.29, 1.82) is 0 Å². The van der Waals surface area contributed by atoms with Crippen molar-refractivity contribution in [3.63, 3.8) is 0 Å². The molecule has 0 bridgehead atoms. The van der Waals surface area contributed by atoms with E-state index in [1.54, 1.807) is 0 Å². The van der Waals surface area contributed by atoms with E-state index >= 15 is 0 Å². The summed E-state index contributed by atoms with van der Waals surface area (Å²) >= 11 is 7.11. The van der Waals surface area contributed by atoms with Gasteiger partial charge in [0.2, 0.25) is 0 Å². The van der Waals surface area contributed by atoms with Crippen molar-refractivity contribution in [2.45, 2.75) is 27.2 Å². The number of nitrogens with zero attached hydrogens (tertiary/aromatic N) is 2. The molecule has 0 unspecified atom stereocenters. The van der Waals surface area contributed by atoms with E-state index in [1.165, 1.54) is 11.3 Å². The Balaban J connectivity index is 2.78. The first-order valence-electron chi connectivity index (χ1n) is 5.39. The van der Waals surface area contributed by atoms with E-state index in [-0.39, 0.29) is 5.91 Å². The van der Waals surface area contributed by atoms with Crippen LogP contribution in [0.3, 0.4) is 0 Å². The van der Waals surface area contributed by atoms with Gasteiger partial charge >= 0.3 is 0 Å². The van der Waals surface area contributed by atoms with Gasteiger partial charge in [0.05, 0.1) is 10.7 Å². The molecule has 1 heterocycles. The largest absolute Gasteiger partial charge is 0.338 e. The highest BCUT2D eigenvalue weighted by molar-refractivity contribution is 7.13. The first-order valence-corrected chi connectivity index (χ1v) is 6.74. The van der Waals surface area contributed by atoms with E-state index in [4.69, 9.17) is 11.6 Å². The fourth-order valence-electron chi connectivity index (χ4n) is 1.53. The molecular formula is C11H17ClN2OS. The van der Waals surface area contributed by atoms with E-state index in [1.807, 2.05) is 25.7 Å². The van der Waals surface area contributed by atoms with E-state index in [2.05, 4.69) is 4.98 Å². The lowest BCUT2D eigenvalue weighted by atomic mass is 10.3. The Morgan fingerprint density at radius 1 is 1.50 bits per heavy atom. The maximum absolute atomic E-state index is 12.2. The number of alkyl halides is 1. The highest BCUT2D eigenvalue weighted by Gasteiger charge is 2.18. The molecule has 0 spiro atoms. The number of aryl methyl sites for hydroxylation is 2. The lowest BCUT2D eigenvalue weighted by molar-refractivity contribution is 0.0769. The van der Waals surface area contributed by atoms with Gasteiger partial charge in [0, 0.05) is 19.0 Å². The molecule has 0 atom stereocenters. The molecule has 0 aliphatic heterocycles. The van der Waals surface area contributed by atoms with Crippen LogP contribution in [0.25, 0.3) is 0 Å². The fraction of sp³-hybridized carbons (Fsp3) is 0.636. The number of carbonyl (C=O) groups excluding carboxylic acids is 1. The summed E-state index contributed by atoms with van der Waals surface area (Å²) in [5.74, 6) is 0.667. The standard InChI is InChI=1S/C11H17ClN2OS/c1-4-14(7-5-6-12)11(15)10-8(2)13-9(3)16-10/h4-7H2,1-3H3. The lowest BCUT2D eigenvalue weighted by Crippen LogP contribution is -2.31. The van der Waals surface area contributed by atoms with Crippen molar-refractivity contribution in [3.8, 4) is 0 Å². The van der Waals surface area contributed by atoms with Crippen LogP contribution in [0.15, 0.2) is 0 Å². The number of hydrogen-bond donors (Lipinski definition) is 0. The van der Waals surface area contributed by atoms with Crippen molar-refractivity contribution in [1.82, 2.24) is 9.88 Å². The Kier molecular flexibility index (Phi) is 5.22. The quantitative estimate of drug-likeness (QED) is 0.763. The monoisotopic (exact) mass is 260 g/mol. The number of halogens is 1.